The number of aliphatic carboxylic acids is 1. The van der Waals surface area contributed by atoms with E-state index in [1.165, 1.54) is 22.7 Å². The molecule has 2 aromatic heterocycles. The minimum atomic E-state index is -0.947. The highest BCUT2D eigenvalue weighted by molar-refractivity contribution is 7.17. The molecule has 3 rings (SSSR count). The Balaban J connectivity index is 1.81. The summed E-state index contributed by atoms with van der Waals surface area (Å²) in [5, 5.41) is 11.4. The van der Waals surface area contributed by atoms with Crippen molar-refractivity contribution in [2.45, 2.75) is 53.6 Å². The Morgan fingerprint density at radius 2 is 1.66 bits per heavy atom. The molecule has 0 saturated heterocycles. The van der Waals surface area contributed by atoms with Crippen molar-refractivity contribution in [1.29, 1.82) is 0 Å². The molecule has 35 heavy (non-hydrogen) atoms. The zero-order chi connectivity index (χ0) is 25.7. The first-order valence-electron chi connectivity index (χ1n) is 11.5. The second-order valence-electron chi connectivity index (χ2n) is 8.99. The SMILES string of the molecule is CC(=O)c1ccc(-c2c(C)cc(O[C@H](CC(C)C)c3ccc(C(=O)NCCC(=O)O)s3)cc2C)s1. The Morgan fingerprint density at radius 1 is 1.00 bits per heavy atom. The average molecular weight is 514 g/mol. The van der Waals surface area contributed by atoms with Gasteiger partial charge < -0.3 is 15.2 Å². The Labute approximate surface area is 214 Å². The first-order chi connectivity index (χ1) is 16.5. The largest absolute Gasteiger partial charge is 0.485 e. The smallest absolute Gasteiger partial charge is 0.305 e. The lowest BCUT2D eigenvalue weighted by Gasteiger charge is -2.21. The molecule has 6 nitrogen and oxygen atoms in total. The summed E-state index contributed by atoms with van der Waals surface area (Å²) in [7, 11) is 0. The molecule has 186 valence electrons. The summed E-state index contributed by atoms with van der Waals surface area (Å²) in [4.78, 5) is 38.1. The zero-order valence-corrected chi connectivity index (χ0v) is 22.3. The molecule has 0 spiro atoms. The molecule has 0 aliphatic heterocycles. The first kappa shape index (κ1) is 26.6. The van der Waals surface area contributed by atoms with Crippen LogP contribution in [0, 0.1) is 19.8 Å². The van der Waals surface area contributed by atoms with Crippen molar-refractivity contribution in [2.24, 2.45) is 5.92 Å². The van der Waals surface area contributed by atoms with Crippen LogP contribution in [-0.4, -0.2) is 29.3 Å². The van der Waals surface area contributed by atoms with Crippen LogP contribution in [0.5, 0.6) is 5.75 Å². The van der Waals surface area contributed by atoms with Crippen molar-refractivity contribution < 1.29 is 24.2 Å². The van der Waals surface area contributed by atoms with Gasteiger partial charge in [0.25, 0.3) is 5.91 Å². The van der Waals surface area contributed by atoms with Crippen LogP contribution in [0.3, 0.4) is 0 Å². The Hall–Kier alpha value is -2.97. The number of carboxylic acids is 1. The monoisotopic (exact) mass is 513 g/mol. The fourth-order valence-corrected chi connectivity index (χ4v) is 5.92. The zero-order valence-electron chi connectivity index (χ0n) is 20.6. The van der Waals surface area contributed by atoms with Gasteiger partial charge in [-0.1, -0.05) is 13.8 Å². The molecule has 2 heterocycles. The molecule has 1 amide bonds. The number of nitrogens with one attached hydrogen (secondary N) is 1. The molecule has 0 bridgehead atoms. The van der Waals surface area contributed by atoms with Gasteiger partial charge in [-0.15, -0.1) is 22.7 Å². The van der Waals surface area contributed by atoms with Crippen molar-refractivity contribution in [3.8, 4) is 16.2 Å². The number of rotatable bonds is 11. The van der Waals surface area contributed by atoms with Gasteiger partial charge in [-0.25, -0.2) is 0 Å². The third-order valence-electron chi connectivity index (χ3n) is 5.46. The standard InChI is InChI=1S/C27H31NO5S2/c1-15(2)12-20(22-7-9-24(35-22)27(32)28-11-10-25(30)31)33-19-13-16(3)26(17(4)14-19)23-8-6-21(34-23)18(5)29/h6-9,13-15,20H,10-12H2,1-5H3,(H,28,32)(H,30,31)/t20-/m1/s1. The molecule has 0 saturated carbocycles. The molecule has 8 heteroatoms. The highest BCUT2D eigenvalue weighted by atomic mass is 32.1. The fourth-order valence-electron chi connectivity index (χ4n) is 3.87. The van der Waals surface area contributed by atoms with Gasteiger partial charge in [-0.3, -0.25) is 14.4 Å². The van der Waals surface area contributed by atoms with E-state index in [2.05, 4.69) is 19.2 Å². The molecule has 0 aliphatic rings. The second kappa shape index (κ2) is 11.6. The first-order valence-corrected chi connectivity index (χ1v) is 13.2. The number of thiophene rings is 2. The summed E-state index contributed by atoms with van der Waals surface area (Å²) in [6.45, 7) is 10.0. The van der Waals surface area contributed by atoms with Gasteiger partial charge >= 0.3 is 5.97 Å². The minimum absolute atomic E-state index is 0.0684. The van der Waals surface area contributed by atoms with E-state index >= 15 is 0 Å². The Bertz CT molecular complexity index is 1200. The minimum Gasteiger partial charge on any atom is -0.485 e. The van der Waals surface area contributed by atoms with Crippen LogP contribution in [0.1, 0.15) is 75.1 Å². The molecular weight excluding hydrogens is 482 g/mol. The van der Waals surface area contributed by atoms with Gasteiger partial charge in [0.05, 0.1) is 16.2 Å². The molecule has 2 N–H and O–H groups in total. The summed E-state index contributed by atoms with van der Waals surface area (Å²) in [5.41, 5.74) is 3.27. The van der Waals surface area contributed by atoms with Gasteiger partial charge in [0.15, 0.2) is 5.78 Å². The topological polar surface area (TPSA) is 92.7 Å². The number of hydrogen-bond acceptors (Lipinski definition) is 6. The lowest BCUT2D eigenvalue weighted by Crippen LogP contribution is -2.25. The summed E-state index contributed by atoms with van der Waals surface area (Å²) >= 11 is 2.87. The second-order valence-corrected chi connectivity index (χ2v) is 11.2. The molecule has 0 radical (unpaired) electrons. The Morgan fingerprint density at radius 3 is 2.23 bits per heavy atom. The normalized spacial score (nSPS) is 11.9. The van der Waals surface area contributed by atoms with E-state index in [1.54, 1.807) is 13.0 Å². The van der Waals surface area contributed by atoms with Gasteiger partial charge in [0, 0.05) is 16.3 Å². The van der Waals surface area contributed by atoms with E-state index in [0.29, 0.717) is 10.8 Å². The van der Waals surface area contributed by atoms with E-state index in [9.17, 15) is 14.4 Å². The maximum Gasteiger partial charge on any atom is 0.305 e. The number of ketones is 1. The van der Waals surface area contributed by atoms with Crippen molar-refractivity contribution >= 4 is 40.3 Å². The summed E-state index contributed by atoms with van der Waals surface area (Å²) in [6, 6.07) is 11.6. The van der Waals surface area contributed by atoms with E-state index in [4.69, 9.17) is 9.84 Å². The van der Waals surface area contributed by atoms with Crippen LogP contribution in [0.15, 0.2) is 36.4 Å². The quantitative estimate of drug-likeness (QED) is 0.280. The third-order valence-corrected chi connectivity index (χ3v) is 7.84. The molecule has 3 aromatic rings. The van der Waals surface area contributed by atoms with Crippen LogP contribution in [0.2, 0.25) is 0 Å². The van der Waals surface area contributed by atoms with Gasteiger partial charge in [0.2, 0.25) is 0 Å². The van der Waals surface area contributed by atoms with Crippen LogP contribution in [-0.2, 0) is 4.79 Å². The lowest BCUT2D eigenvalue weighted by molar-refractivity contribution is -0.136. The van der Waals surface area contributed by atoms with Crippen molar-refractivity contribution in [2.75, 3.05) is 6.54 Å². The highest BCUT2D eigenvalue weighted by Gasteiger charge is 2.21. The third kappa shape index (κ3) is 7.02. The summed E-state index contributed by atoms with van der Waals surface area (Å²) < 4.78 is 6.46. The van der Waals surface area contributed by atoms with Crippen LogP contribution < -0.4 is 10.1 Å². The number of aryl methyl sites for hydroxylation is 2. The predicted octanol–water partition coefficient (Wildman–Crippen LogP) is 6.67. The van der Waals surface area contributed by atoms with E-state index in [-0.39, 0.29) is 30.8 Å². The number of hydrogen-bond donors (Lipinski definition) is 2. The average Bonchev–Trinajstić information content (AvgIpc) is 3.42. The molecule has 0 aliphatic carbocycles. The van der Waals surface area contributed by atoms with Crippen LogP contribution in [0.4, 0.5) is 0 Å². The number of carbonyl (C=O) groups is 3. The fraction of sp³-hybridized carbons (Fsp3) is 0.370. The van der Waals surface area contributed by atoms with Gasteiger partial charge in [0.1, 0.15) is 11.9 Å². The number of Topliss-reactive ketones (excluding diaryl/α,β-unsaturated/α-hetero) is 1. The molecular formula is C27H31NO5S2. The number of carbonyl (C=O) groups excluding carboxylic acids is 2. The van der Waals surface area contributed by atoms with Crippen LogP contribution >= 0.6 is 22.7 Å². The Kier molecular flexibility index (Phi) is 8.86. The van der Waals surface area contributed by atoms with Gasteiger partial charge in [-0.2, -0.15) is 0 Å². The number of carboxylic acid groups (broad SMARTS) is 1. The predicted molar refractivity (Wildman–Crippen MR) is 141 cm³/mol. The number of ether oxygens (including phenoxy) is 1. The van der Waals surface area contributed by atoms with Gasteiger partial charge in [-0.05, 0) is 86.2 Å². The van der Waals surface area contributed by atoms with E-state index in [0.717, 1.165) is 43.5 Å². The van der Waals surface area contributed by atoms with Crippen LogP contribution in [0.25, 0.3) is 10.4 Å². The summed E-state index contributed by atoms with van der Waals surface area (Å²) in [5.74, 6) is -0.00896. The maximum absolute atomic E-state index is 12.4. The highest BCUT2D eigenvalue weighted by Crippen LogP contribution is 2.38. The van der Waals surface area contributed by atoms with E-state index in [1.807, 2.05) is 44.2 Å². The molecule has 1 atom stereocenters. The maximum atomic E-state index is 12.4. The molecule has 0 fully saturated rings. The lowest BCUT2D eigenvalue weighted by atomic mass is 10.0. The summed E-state index contributed by atoms with van der Waals surface area (Å²) in [6.07, 6.45) is 0.461. The molecule has 1 aromatic carbocycles. The molecule has 0 unspecified atom stereocenters. The van der Waals surface area contributed by atoms with Crippen molar-refractivity contribution in [1.82, 2.24) is 5.32 Å². The number of amides is 1. The van der Waals surface area contributed by atoms with Crippen molar-refractivity contribution in [3.63, 3.8) is 0 Å². The number of benzene rings is 1. The van der Waals surface area contributed by atoms with Crippen molar-refractivity contribution in [3.05, 3.63) is 62.2 Å². The van der Waals surface area contributed by atoms with E-state index < -0.39 is 5.97 Å².